The highest BCUT2D eigenvalue weighted by molar-refractivity contribution is 5.15. The lowest BCUT2D eigenvalue weighted by Gasteiger charge is -2.20. The van der Waals surface area contributed by atoms with Gasteiger partial charge < -0.3 is 10.2 Å². The smallest absolute Gasteiger partial charge is 0.123 e. The van der Waals surface area contributed by atoms with Crippen LogP contribution in [0.25, 0.3) is 0 Å². The Hall–Kier alpha value is -0.930. The molecule has 1 unspecified atom stereocenters. The van der Waals surface area contributed by atoms with E-state index in [0.717, 1.165) is 24.6 Å². The number of benzene rings is 1. The van der Waals surface area contributed by atoms with Gasteiger partial charge in [-0.05, 0) is 57.0 Å². The van der Waals surface area contributed by atoms with Crippen molar-refractivity contribution in [3.8, 4) is 0 Å². The summed E-state index contributed by atoms with van der Waals surface area (Å²) in [6, 6.07) is 7.39. The fraction of sp³-hybridized carbons (Fsp3) is 0.600. The molecule has 1 aliphatic rings. The van der Waals surface area contributed by atoms with E-state index in [-0.39, 0.29) is 5.82 Å². The van der Waals surface area contributed by atoms with Crippen LogP contribution in [0.2, 0.25) is 0 Å². The van der Waals surface area contributed by atoms with Crippen LogP contribution >= 0.6 is 0 Å². The fourth-order valence-electron chi connectivity index (χ4n) is 2.52. The van der Waals surface area contributed by atoms with E-state index in [2.05, 4.69) is 24.1 Å². The van der Waals surface area contributed by atoms with Gasteiger partial charge in [-0.15, -0.1) is 0 Å². The molecule has 0 saturated carbocycles. The number of likely N-dealkylation sites (tertiary alicyclic amines) is 1. The van der Waals surface area contributed by atoms with Gasteiger partial charge in [0.1, 0.15) is 5.82 Å². The highest BCUT2D eigenvalue weighted by Gasteiger charge is 2.23. The first-order valence-corrected chi connectivity index (χ1v) is 6.84. The molecule has 1 aliphatic heterocycles. The van der Waals surface area contributed by atoms with Crippen molar-refractivity contribution in [2.45, 2.75) is 32.9 Å². The molecule has 3 heteroatoms. The molecule has 0 spiro atoms. The van der Waals surface area contributed by atoms with Crippen molar-refractivity contribution in [3.63, 3.8) is 0 Å². The molecule has 1 aromatic carbocycles. The van der Waals surface area contributed by atoms with Crippen LogP contribution in [-0.2, 0) is 6.54 Å². The Bertz CT molecular complexity index is 361. The third-order valence-corrected chi connectivity index (χ3v) is 3.72. The summed E-state index contributed by atoms with van der Waals surface area (Å²) in [6.45, 7) is 8.83. The zero-order valence-electron chi connectivity index (χ0n) is 11.3. The van der Waals surface area contributed by atoms with E-state index in [1.165, 1.54) is 31.6 Å². The highest BCUT2D eigenvalue weighted by atomic mass is 19.1. The van der Waals surface area contributed by atoms with E-state index in [1.807, 2.05) is 12.1 Å². The largest absolute Gasteiger partial charge is 0.312 e. The lowest BCUT2D eigenvalue weighted by molar-refractivity contribution is 0.264. The molecule has 0 radical (unpaired) electrons. The van der Waals surface area contributed by atoms with Gasteiger partial charge in [-0.1, -0.05) is 12.1 Å². The number of nitrogens with zero attached hydrogens (tertiary/aromatic N) is 1. The summed E-state index contributed by atoms with van der Waals surface area (Å²) in [4.78, 5) is 2.53. The van der Waals surface area contributed by atoms with E-state index in [0.29, 0.717) is 6.04 Å². The van der Waals surface area contributed by atoms with Gasteiger partial charge in [-0.3, -0.25) is 0 Å². The maximum Gasteiger partial charge on any atom is 0.123 e. The molecular formula is C15H23FN2. The number of hydrogen-bond donors (Lipinski definition) is 1. The van der Waals surface area contributed by atoms with Gasteiger partial charge in [0.25, 0.3) is 0 Å². The summed E-state index contributed by atoms with van der Waals surface area (Å²) < 4.78 is 12.7. The van der Waals surface area contributed by atoms with Crippen molar-refractivity contribution in [1.82, 2.24) is 10.2 Å². The first-order chi connectivity index (χ1) is 8.65. The molecule has 2 rings (SSSR count). The Morgan fingerprint density at radius 2 is 2.06 bits per heavy atom. The van der Waals surface area contributed by atoms with Crippen molar-refractivity contribution in [3.05, 3.63) is 35.6 Å². The summed E-state index contributed by atoms with van der Waals surface area (Å²) in [6.07, 6.45) is 1.29. The summed E-state index contributed by atoms with van der Waals surface area (Å²) in [7, 11) is 0. The Labute approximate surface area is 109 Å². The molecule has 0 amide bonds. The average Bonchev–Trinajstić information content (AvgIpc) is 2.81. The van der Waals surface area contributed by atoms with Gasteiger partial charge in [0.2, 0.25) is 0 Å². The van der Waals surface area contributed by atoms with Gasteiger partial charge >= 0.3 is 0 Å². The minimum Gasteiger partial charge on any atom is -0.312 e. The monoisotopic (exact) mass is 250 g/mol. The molecule has 0 bridgehead atoms. The SMILES string of the molecule is CC(C)N1CCC(CNCc2ccc(F)cc2)C1. The number of rotatable bonds is 5. The first kappa shape index (κ1) is 13.5. The van der Waals surface area contributed by atoms with E-state index < -0.39 is 0 Å². The van der Waals surface area contributed by atoms with Gasteiger partial charge in [-0.2, -0.15) is 0 Å². The minimum atomic E-state index is -0.165. The van der Waals surface area contributed by atoms with Crippen LogP contribution in [-0.4, -0.2) is 30.6 Å². The average molecular weight is 250 g/mol. The molecule has 0 aliphatic carbocycles. The zero-order chi connectivity index (χ0) is 13.0. The topological polar surface area (TPSA) is 15.3 Å². The predicted molar refractivity (Wildman–Crippen MR) is 72.9 cm³/mol. The maximum atomic E-state index is 12.7. The van der Waals surface area contributed by atoms with E-state index >= 15 is 0 Å². The second kappa shape index (κ2) is 6.30. The van der Waals surface area contributed by atoms with E-state index in [9.17, 15) is 4.39 Å². The lowest BCUT2D eigenvalue weighted by Crippen LogP contribution is -2.30. The summed E-state index contributed by atoms with van der Waals surface area (Å²) >= 11 is 0. The van der Waals surface area contributed by atoms with Crippen molar-refractivity contribution < 1.29 is 4.39 Å². The molecular weight excluding hydrogens is 227 g/mol. The Morgan fingerprint density at radius 1 is 1.33 bits per heavy atom. The molecule has 100 valence electrons. The molecule has 1 saturated heterocycles. The van der Waals surface area contributed by atoms with Crippen molar-refractivity contribution in [1.29, 1.82) is 0 Å². The van der Waals surface area contributed by atoms with Gasteiger partial charge in [0, 0.05) is 19.1 Å². The van der Waals surface area contributed by atoms with Gasteiger partial charge in [0.05, 0.1) is 0 Å². The number of hydrogen-bond acceptors (Lipinski definition) is 2. The minimum absolute atomic E-state index is 0.165. The van der Waals surface area contributed by atoms with E-state index in [1.54, 1.807) is 0 Å². The molecule has 1 heterocycles. The van der Waals surface area contributed by atoms with Crippen LogP contribution in [0.5, 0.6) is 0 Å². The quantitative estimate of drug-likeness (QED) is 0.864. The fourth-order valence-corrected chi connectivity index (χ4v) is 2.52. The van der Waals surface area contributed by atoms with E-state index in [4.69, 9.17) is 0 Å². The van der Waals surface area contributed by atoms with Crippen molar-refractivity contribution in [2.24, 2.45) is 5.92 Å². The molecule has 1 N–H and O–H groups in total. The standard InChI is InChI=1S/C15H23FN2/c1-12(2)18-8-7-14(11-18)10-17-9-13-3-5-15(16)6-4-13/h3-6,12,14,17H,7-11H2,1-2H3. The summed E-state index contributed by atoms with van der Waals surface area (Å²) in [5.41, 5.74) is 1.15. The number of nitrogens with one attached hydrogen (secondary N) is 1. The highest BCUT2D eigenvalue weighted by Crippen LogP contribution is 2.17. The van der Waals surface area contributed by atoms with Crippen molar-refractivity contribution >= 4 is 0 Å². The molecule has 1 atom stereocenters. The Kier molecular flexibility index (Phi) is 4.72. The second-order valence-corrected chi connectivity index (χ2v) is 5.50. The third kappa shape index (κ3) is 3.79. The summed E-state index contributed by atoms with van der Waals surface area (Å²) in [5.74, 6) is 0.593. The normalized spacial score (nSPS) is 20.8. The first-order valence-electron chi connectivity index (χ1n) is 6.84. The van der Waals surface area contributed by atoms with Crippen LogP contribution < -0.4 is 5.32 Å². The van der Waals surface area contributed by atoms with Gasteiger partial charge in [0.15, 0.2) is 0 Å². The molecule has 18 heavy (non-hydrogen) atoms. The van der Waals surface area contributed by atoms with Crippen LogP contribution in [0.3, 0.4) is 0 Å². The second-order valence-electron chi connectivity index (χ2n) is 5.50. The van der Waals surface area contributed by atoms with Gasteiger partial charge in [-0.25, -0.2) is 4.39 Å². The van der Waals surface area contributed by atoms with Crippen LogP contribution in [0.4, 0.5) is 4.39 Å². The molecule has 2 nitrogen and oxygen atoms in total. The molecule has 1 fully saturated rings. The third-order valence-electron chi connectivity index (χ3n) is 3.72. The Balaban J connectivity index is 1.68. The zero-order valence-corrected chi connectivity index (χ0v) is 11.3. The summed E-state index contributed by atoms with van der Waals surface area (Å²) in [5, 5.41) is 3.47. The molecule has 0 aromatic heterocycles. The van der Waals surface area contributed by atoms with Crippen molar-refractivity contribution in [2.75, 3.05) is 19.6 Å². The van der Waals surface area contributed by atoms with Crippen LogP contribution in [0.15, 0.2) is 24.3 Å². The number of halogens is 1. The Morgan fingerprint density at radius 3 is 2.67 bits per heavy atom. The molecule has 1 aromatic rings. The maximum absolute atomic E-state index is 12.7. The predicted octanol–water partition coefficient (Wildman–Crippen LogP) is 2.65. The van der Waals surface area contributed by atoms with Crippen LogP contribution in [0, 0.1) is 11.7 Å². The lowest BCUT2D eigenvalue weighted by atomic mass is 10.1. The van der Waals surface area contributed by atoms with Crippen LogP contribution in [0.1, 0.15) is 25.8 Å².